The number of carboxylic acid groups (broad SMARTS) is 1. The van der Waals surface area contributed by atoms with Crippen LogP contribution < -0.4 is 5.32 Å². The van der Waals surface area contributed by atoms with E-state index in [-0.39, 0.29) is 5.56 Å². The second-order valence-corrected chi connectivity index (χ2v) is 5.02. The Morgan fingerprint density at radius 2 is 2.33 bits per heavy atom. The van der Waals surface area contributed by atoms with Crippen molar-refractivity contribution in [1.82, 2.24) is 4.98 Å². The highest BCUT2D eigenvalue weighted by Gasteiger charge is 2.10. The largest absolute Gasteiger partial charge is 0.478 e. The van der Waals surface area contributed by atoms with Crippen molar-refractivity contribution in [2.75, 3.05) is 5.32 Å². The van der Waals surface area contributed by atoms with E-state index in [4.69, 9.17) is 5.11 Å². The zero-order valence-electron chi connectivity index (χ0n) is 9.61. The molecule has 0 bridgehead atoms. The number of rotatable bonds is 4. The standard InChI is InChI=1S/C12H11FN2O2S/c1-7-14-5-9(18-7)6-15-8-2-3-11(13)10(4-8)12(16)17/h2-5,15H,6H2,1H3,(H,16,17). The Morgan fingerprint density at radius 1 is 1.56 bits per heavy atom. The smallest absolute Gasteiger partial charge is 0.338 e. The zero-order valence-corrected chi connectivity index (χ0v) is 10.4. The van der Waals surface area contributed by atoms with Crippen LogP contribution in [0.3, 0.4) is 0 Å². The summed E-state index contributed by atoms with van der Waals surface area (Å²) < 4.78 is 13.2. The summed E-state index contributed by atoms with van der Waals surface area (Å²) in [5, 5.41) is 12.8. The zero-order chi connectivity index (χ0) is 13.1. The van der Waals surface area contributed by atoms with Crippen LogP contribution >= 0.6 is 11.3 Å². The van der Waals surface area contributed by atoms with Gasteiger partial charge in [0.2, 0.25) is 0 Å². The molecule has 0 unspecified atom stereocenters. The Morgan fingerprint density at radius 3 is 2.94 bits per heavy atom. The van der Waals surface area contributed by atoms with Crippen molar-refractivity contribution in [3.05, 3.63) is 45.7 Å². The monoisotopic (exact) mass is 266 g/mol. The van der Waals surface area contributed by atoms with Crippen LogP contribution in [0.5, 0.6) is 0 Å². The molecule has 1 aromatic heterocycles. The average molecular weight is 266 g/mol. The lowest BCUT2D eigenvalue weighted by molar-refractivity contribution is 0.0692. The Balaban J connectivity index is 2.10. The minimum Gasteiger partial charge on any atom is -0.478 e. The Kier molecular flexibility index (Phi) is 3.57. The number of hydrogen-bond donors (Lipinski definition) is 2. The number of hydrogen-bond acceptors (Lipinski definition) is 4. The van der Waals surface area contributed by atoms with Gasteiger partial charge in [-0.3, -0.25) is 0 Å². The van der Waals surface area contributed by atoms with Gasteiger partial charge in [0.15, 0.2) is 0 Å². The lowest BCUT2D eigenvalue weighted by atomic mass is 10.2. The van der Waals surface area contributed by atoms with Gasteiger partial charge in [-0.15, -0.1) is 11.3 Å². The molecule has 0 saturated heterocycles. The van der Waals surface area contributed by atoms with Gasteiger partial charge < -0.3 is 10.4 Å². The van der Waals surface area contributed by atoms with Crippen LogP contribution in [0.25, 0.3) is 0 Å². The van der Waals surface area contributed by atoms with E-state index < -0.39 is 11.8 Å². The van der Waals surface area contributed by atoms with E-state index in [1.54, 1.807) is 17.5 Å². The van der Waals surface area contributed by atoms with Crippen molar-refractivity contribution in [2.45, 2.75) is 13.5 Å². The maximum Gasteiger partial charge on any atom is 0.338 e. The first kappa shape index (κ1) is 12.5. The molecule has 0 radical (unpaired) electrons. The van der Waals surface area contributed by atoms with Gasteiger partial charge in [-0.05, 0) is 25.1 Å². The maximum atomic E-state index is 13.2. The van der Waals surface area contributed by atoms with Gasteiger partial charge in [0.1, 0.15) is 5.82 Å². The van der Waals surface area contributed by atoms with Gasteiger partial charge >= 0.3 is 5.97 Å². The molecule has 0 aliphatic carbocycles. The molecular formula is C12H11FN2O2S. The van der Waals surface area contributed by atoms with Crippen LogP contribution in [-0.4, -0.2) is 16.1 Å². The molecule has 0 spiro atoms. The lowest BCUT2D eigenvalue weighted by Crippen LogP contribution is -2.03. The van der Waals surface area contributed by atoms with E-state index in [1.807, 2.05) is 6.92 Å². The van der Waals surface area contributed by atoms with Crippen molar-refractivity contribution in [1.29, 1.82) is 0 Å². The van der Waals surface area contributed by atoms with E-state index in [9.17, 15) is 9.18 Å². The molecule has 4 nitrogen and oxygen atoms in total. The van der Waals surface area contributed by atoms with Crippen molar-refractivity contribution < 1.29 is 14.3 Å². The van der Waals surface area contributed by atoms with Crippen LogP contribution in [0.2, 0.25) is 0 Å². The van der Waals surface area contributed by atoms with Gasteiger partial charge in [0.05, 0.1) is 17.1 Å². The summed E-state index contributed by atoms with van der Waals surface area (Å²) in [6, 6.07) is 3.94. The molecule has 0 atom stereocenters. The molecule has 6 heteroatoms. The predicted molar refractivity (Wildman–Crippen MR) is 67.5 cm³/mol. The van der Waals surface area contributed by atoms with Crippen molar-refractivity contribution in [3.8, 4) is 0 Å². The highest BCUT2D eigenvalue weighted by Crippen LogP contribution is 2.17. The van der Waals surface area contributed by atoms with Crippen molar-refractivity contribution in [3.63, 3.8) is 0 Å². The first-order chi connectivity index (χ1) is 8.56. The molecule has 2 aromatic rings. The summed E-state index contributed by atoms with van der Waals surface area (Å²) >= 11 is 1.56. The fourth-order valence-corrected chi connectivity index (χ4v) is 2.21. The molecular weight excluding hydrogens is 255 g/mol. The number of nitrogens with zero attached hydrogens (tertiary/aromatic N) is 1. The molecule has 2 rings (SSSR count). The molecule has 2 N–H and O–H groups in total. The van der Waals surface area contributed by atoms with Gasteiger partial charge in [-0.25, -0.2) is 14.2 Å². The lowest BCUT2D eigenvalue weighted by Gasteiger charge is -2.06. The predicted octanol–water partition coefficient (Wildman–Crippen LogP) is 2.90. The van der Waals surface area contributed by atoms with E-state index >= 15 is 0 Å². The Bertz CT molecular complexity index is 583. The second-order valence-electron chi connectivity index (χ2n) is 3.70. The average Bonchev–Trinajstić information content (AvgIpc) is 2.74. The number of anilines is 1. The van der Waals surface area contributed by atoms with E-state index in [1.165, 1.54) is 12.1 Å². The number of aromatic nitrogens is 1. The van der Waals surface area contributed by atoms with E-state index in [0.29, 0.717) is 12.2 Å². The number of halogens is 1. The fraction of sp³-hybridized carbons (Fsp3) is 0.167. The number of aryl methyl sites for hydroxylation is 1. The third kappa shape index (κ3) is 2.84. The first-order valence-corrected chi connectivity index (χ1v) is 6.06. The molecule has 1 heterocycles. The summed E-state index contributed by atoms with van der Waals surface area (Å²) in [5.74, 6) is -2.01. The molecule has 18 heavy (non-hydrogen) atoms. The number of carboxylic acids is 1. The highest BCUT2D eigenvalue weighted by atomic mass is 32.1. The molecule has 0 saturated carbocycles. The van der Waals surface area contributed by atoms with Gasteiger partial charge in [0.25, 0.3) is 0 Å². The summed E-state index contributed by atoms with van der Waals surface area (Å²) in [6.07, 6.45) is 1.76. The summed E-state index contributed by atoms with van der Waals surface area (Å²) in [5.41, 5.74) is 0.236. The van der Waals surface area contributed by atoms with Crippen LogP contribution in [0, 0.1) is 12.7 Å². The number of carbonyl (C=O) groups is 1. The molecule has 0 aliphatic rings. The summed E-state index contributed by atoms with van der Waals surface area (Å²) in [6.45, 7) is 2.45. The Labute approximate surface area is 107 Å². The van der Waals surface area contributed by atoms with Crippen molar-refractivity contribution in [2.24, 2.45) is 0 Å². The van der Waals surface area contributed by atoms with Crippen LogP contribution in [0.4, 0.5) is 10.1 Å². The highest BCUT2D eigenvalue weighted by molar-refractivity contribution is 7.11. The third-order valence-corrected chi connectivity index (χ3v) is 3.25. The minimum atomic E-state index is -1.27. The molecule has 1 aromatic carbocycles. The minimum absolute atomic E-state index is 0.333. The number of thiazole rings is 1. The van der Waals surface area contributed by atoms with Crippen LogP contribution in [0.1, 0.15) is 20.2 Å². The van der Waals surface area contributed by atoms with Gasteiger partial charge in [0, 0.05) is 16.8 Å². The SMILES string of the molecule is Cc1ncc(CNc2ccc(F)c(C(=O)O)c2)s1. The van der Waals surface area contributed by atoms with E-state index in [2.05, 4.69) is 10.3 Å². The van der Waals surface area contributed by atoms with Gasteiger partial charge in [-0.2, -0.15) is 0 Å². The first-order valence-electron chi connectivity index (χ1n) is 5.24. The summed E-state index contributed by atoms with van der Waals surface area (Å²) in [4.78, 5) is 15.9. The van der Waals surface area contributed by atoms with Crippen molar-refractivity contribution >= 4 is 23.0 Å². The topological polar surface area (TPSA) is 62.2 Å². The van der Waals surface area contributed by atoms with Gasteiger partial charge in [-0.1, -0.05) is 0 Å². The quantitative estimate of drug-likeness (QED) is 0.893. The normalized spacial score (nSPS) is 10.3. The number of nitrogens with one attached hydrogen (secondary N) is 1. The fourth-order valence-electron chi connectivity index (χ4n) is 1.48. The van der Waals surface area contributed by atoms with E-state index in [0.717, 1.165) is 16.0 Å². The number of benzene rings is 1. The second kappa shape index (κ2) is 5.14. The third-order valence-electron chi connectivity index (χ3n) is 2.33. The molecule has 0 aliphatic heterocycles. The molecule has 0 amide bonds. The van der Waals surface area contributed by atoms with Crippen LogP contribution in [0.15, 0.2) is 24.4 Å². The van der Waals surface area contributed by atoms with Crippen LogP contribution in [-0.2, 0) is 6.54 Å². The summed E-state index contributed by atoms with van der Waals surface area (Å²) in [7, 11) is 0. The molecule has 0 fully saturated rings. The molecule has 94 valence electrons. The maximum absolute atomic E-state index is 13.2. The number of aromatic carboxylic acids is 1. The Hall–Kier alpha value is -1.95.